The number of benzene rings is 2. The van der Waals surface area contributed by atoms with Crippen LogP contribution in [0.15, 0.2) is 47.4 Å². The van der Waals surface area contributed by atoms with E-state index in [2.05, 4.69) is 10.6 Å². The molecule has 0 bridgehead atoms. The Morgan fingerprint density at radius 2 is 1.85 bits per heavy atom. The molecule has 0 unspecified atom stereocenters. The molecule has 12 heteroatoms. The van der Waals surface area contributed by atoms with E-state index in [4.69, 9.17) is 9.47 Å². The Hall–Kier alpha value is -2.83. The summed E-state index contributed by atoms with van der Waals surface area (Å²) in [6, 6.07) is 10.5. The predicted molar refractivity (Wildman–Crippen MR) is 116 cm³/mol. The number of rotatable bonds is 8. The number of nitrogens with one attached hydrogen (secondary N) is 2. The zero-order chi connectivity index (χ0) is 24.1. The Kier molecular flexibility index (Phi) is 7.82. The molecule has 0 spiro atoms. The van der Waals surface area contributed by atoms with Crippen molar-refractivity contribution in [3.63, 3.8) is 0 Å². The number of halogens is 3. The van der Waals surface area contributed by atoms with E-state index in [1.54, 1.807) is 25.1 Å². The van der Waals surface area contributed by atoms with E-state index in [0.29, 0.717) is 18.8 Å². The van der Waals surface area contributed by atoms with E-state index in [1.165, 1.54) is 28.6 Å². The Balaban J connectivity index is 1.65. The van der Waals surface area contributed by atoms with Crippen LogP contribution in [0.1, 0.15) is 5.56 Å². The highest BCUT2D eigenvalue weighted by Crippen LogP contribution is 2.27. The molecule has 1 heterocycles. The second-order valence-electron chi connectivity index (χ2n) is 7.30. The summed E-state index contributed by atoms with van der Waals surface area (Å²) in [4.78, 5) is 12.5. The van der Waals surface area contributed by atoms with Crippen LogP contribution in [-0.4, -0.2) is 64.3 Å². The average molecular weight is 488 g/mol. The number of sulfonamides is 1. The summed E-state index contributed by atoms with van der Waals surface area (Å²) in [6.45, 7) is 1.06. The van der Waals surface area contributed by atoms with Crippen molar-refractivity contribution >= 4 is 27.3 Å². The van der Waals surface area contributed by atoms with E-state index in [1.807, 2.05) is 0 Å². The first kappa shape index (κ1) is 24.8. The summed E-state index contributed by atoms with van der Waals surface area (Å²) >= 11 is 0. The molecule has 1 aliphatic rings. The first-order valence-corrected chi connectivity index (χ1v) is 11.5. The van der Waals surface area contributed by atoms with Crippen LogP contribution in [-0.2, 0) is 19.6 Å². The lowest BCUT2D eigenvalue weighted by atomic mass is 10.2. The topological polar surface area (TPSA) is 97.0 Å². The number of alkyl halides is 3. The van der Waals surface area contributed by atoms with Crippen LogP contribution in [0.25, 0.3) is 0 Å². The number of nitrogens with zero attached hydrogens (tertiary/aromatic N) is 1. The quantitative estimate of drug-likeness (QED) is 0.594. The third kappa shape index (κ3) is 6.83. The molecule has 0 saturated carbocycles. The molecule has 2 aromatic rings. The van der Waals surface area contributed by atoms with Gasteiger partial charge in [-0.1, -0.05) is 18.2 Å². The zero-order valence-corrected chi connectivity index (χ0v) is 18.6. The molecule has 0 radical (unpaired) electrons. The van der Waals surface area contributed by atoms with E-state index in [-0.39, 0.29) is 41.7 Å². The molecule has 180 valence electrons. The molecule has 0 aliphatic carbocycles. The second kappa shape index (κ2) is 10.4. The minimum absolute atomic E-state index is 0.0446. The van der Waals surface area contributed by atoms with Crippen molar-refractivity contribution in [3.05, 3.63) is 48.0 Å². The minimum Gasteiger partial charge on any atom is -0.482 e. The van der Waals surface area contributed by atoms with E-state index in [9.17, 15) is 26.4 Å². The van der Waals surface area contributed by atoms with Crippen molar-refractivity contribution in [2.45, 2.75) is 18.0 Å². The van der Waals surface area contributed by atoms with Gasteiger partial charge in [-0.25, -0.2) is 8.42 Å². The summed E-state index contributed by atoms with van der Waals surface area (Å²) in [5.41, 5.74) is 1.03. The zero-order valence-electron chi connectivity index (χ0n) is 17.8. The number of hydrogen-bond donors (Lipinski definition) is 2. The summed E-state index contributed by atoms with van der Waals surface area (Å²) in [5, 5.41) is 5.33. The van der Waals surface area contributed by atoms with Crippen molar-refractivity contribution in [1.29, 1.82) is 0 Å². The standard InChI is InChI=1S/C21H24F3N3O5S/c1-15-6-7-16(12-19(15)33(29,30)27-8-10-31-11-9-27)26-20(28)13-25-17-4-2-3-5-18(17)32-14-21(22,23)24/h2-7,12,25H,8-11,13-14H2,1H3,(H,26,28). The lowest BCUT2D eigenvalue weighted by Gasteiger charge is -2.26. The molecular weight excluding hydrogens is 463 g/mol. The largest absolute Gasteiger partial charge is 0.482 e. The predicted octanol–water partition coefficient (Wildman–Crippen LogP) is 3.01. The smallest absolute Gasteiger partial charge is 0.422 e. The van der Waals surface area contributed by atoms with Crippen LogP contribution in [0, 0.1) is 6.92 Å². The molecule has 0 atom stereocenters. The Morgan fingerprint density at radius 3 is 2.55 bits per heavy atom. The third-order valence-corrected chi connectivity index (χ3v) is 6.82. The summed E-state index contributed by atoms with van der Waals surface area (Å²) in [6.07, 6.45) is -4.49. The van der Waals surface area contributed by atoms with Crippen LogP contribution < -0.4 is 15.4 Å². The first-order chi connectivity index (χ1) is 15.6. The van der Waals surface area contributed by atoms with Gasteiger partial charge in [-0.3, -0.25) is 4.79 Å². The van der Waals surface area contributed by atoms with Gasteiger partial charge in [0, 0.05) is 18.8 Å². The van der Waals surface area contributed by atoms with E-state index < -0.39 is 28.7 Å². The fourth-order valence-electron chi connectivity index (χ4n) is 3.16. The Labute approximate surface area is 189 Å². The number of morpholine rings is 1. The molecule has 1 amide bonds. The highest BCUT2D eigenvalue weighted by molar-refractivity contribution is 7.89. The summed E-state index contributed by atoms with van der Waals surface area (Å²) in [5.74, 6) is -0.559. The molecule has 3 rings (SSSR count). The molecule has 1 fully saturated rings. The molecule has 1 aliphatic heterocycles. The van der Waals surface area contributed by atoms with Gasteiger partial charge >= 0.3 is 6.18 Å². The number of hydrogen-bond acceptors (Lipinski definition) is 6. The summed E-state index contributed by atoms with van der Waals surface area (Å²) in [7, 11) is -3.75. The normalized spacial score (nSPS) is 15.2. The van der Waals surface area contributed by atoms with Crippen LogP contribution >= 0.6 is 0 Å². The monoisotopic (exact) mass is 487 g/mol. The third-order valence-electron chi connectivity index (χ3n) is 4.78. The van der Waals surface area contributed by atoms with Crippen LogP contribution in [0.4, 0.5) is 24.5 Å². The lowest BCUT2D eigenvalue weighted by molar-refractivity contribution is -0.153. The molecule has 2 aromatic carbocycles. The molecule has 8 nitrogen and oxygen atoms in total. The van der Waals surface area contributed by atoms with Crippen molar-refractivity contribution in [2.75, 3.05) is 50.1 Å². The number of anilines is 2. The van der Waals surface area contributed by atoms with Crippen molar-refractivity contribution in [1.82, 2.24) is 4.31 Å². The first-order valence-electron chi connectivity index (χ1n) is 10.1. The fraction of sp³-hybridized carbons (Fsp3) is 0.381. The van der Waals surface area contributed by atoms with Gasteiger partial charge in [0.15, 0.2) is 6.61 Å². The maximum absolute atomic E-state index is 13.0. The second-order valence-corrected chi connectivity index (χ2v) is 9.20. The van der Waals surface area contributed by atoms with E-state index >= 15 is 0 Å². The van der Waals surface area contributed by atoms with Crippen molar-refractivity contribution in [3.8, 4) is 5.75 Å². The molecule has 0 aromatic heterocycles. The van der Waals surface area contributed by atoms with Crippen LogP contribution in [0.3, 0.4) is 0 Å². The van der Waals surface area contributed by atoms with Gasteiger partial charge in [-0.2, -0.15) is 17.5 Å². The maximum atomic E-state index is 13.0. The number of para-hydroxylation sites is 2. The SMILES string of the molecule is Cc1ccc(NC(=O)CNc2ccccc2OCC(F)(F)F)cc1S(=O)(=O)N1CCOCC1. The minimum atomic E-state index is -4.49. The van der Waals surface area contributed by atoms with Crippen LogP contribution in [0.5, 0.6) is 5.75 Å². The highest BCUT2D eigenvalue weighted by atomic mass is 32.2. The number of carbonyl (C=O) groups excluding carboxylic acids is 1. The highest BCUT2D eigenvalue weighted by Gasteiger charge is 2.29. The van der Waals surface area contributed by atoms with Gasteiger partial charge in [0.1, 0.15) is 5.75 Å². The summed E-state index contributed by atoms with van der Waals surface area (Å²) < 4.78 is 74.6. The number of amides is 1. The van der Waals surface area contributed by atoms with Gasteiger partial charge in [0.25, 0.3) is 0 Å². The van der Waals surface area contributed by atoms with Crippen molar-refractivity contribution in [2.24, 2.45) is 0 Å². The van der Waals surface area contributed by atoms with Crippen LogP contribution in [0.2, 0.25) is 0 Å². The number of ether oxygens (including phenoxy) is 2. The molecule has 2 N–H and O–H groups in total. The fourth-order valence-corrected chi connectivity index (χ4v) is 4.82. The Morgan fingerprint density at radius 1 is 1.15 bits per heavy atom. The van der Waals surface area contributed by atoms with Gasteiger partial charge < -0.3 is 20.1 Å². The number of carbonyl (C=O) groups is 1. The van der Waals surface area contributed by atoms with Gasteiger partial charge in [-0.15, -0.1) is 0 Å². The lowest BCUT2D eigenvalue weighted by Crippen LogP contribution is -2.40. The molecular formula is C21H24F3N3O5S. The molecule has 1 saturated heterocycles. The Bertz CT molecular complexity index is 1090. The van der Waals surface area contributed by atoms with Crippen molar-refractivity contribution < 1.29 is 35.9 Å². The average Bonchev–Trinajstić information content (AvgIpc) is 2.78. The van der Waals surface area contributed by atoms with Gasteiger partial charge in [0.05, 0.1) is 30.3 Å². The number of aryl methyl sites for hydroxylation is 1. The van der Waals surface area contributed by atoms with Gasteiger partial charge in [0.2, 0.25) is 15.9 Å². The van der Waals surface area contributed by atoms with E-state index in [0.717, 1.165) is 0 Å². The maximum Gasteiger partial charge on any atom is 0.422 e. The van der Waals surface area contributed by atoms with Gasteiger partial charge in [-0.05, 0) is 36.8 Å². The molecule has 33 heavy (non-hydrogen) atoms.